The van der Waals surface area contributed by atoms with E-state index in [1.54, 1.807) is 36.4 Å². The highest BCUT2D eigenvalue weighted by Gasteiger charge is 2.20. The molecule has 5 N–H and O–H groups in total. The first-order valence-corrected chi connectivity index (χ1v) is 10.4. The van der Waals surface area contributed by atoms with Crippen molar-refractivity contribution < 1.29 is 28.6 Å². The van der Waals surface area contributed by atoms with E-state index in [9.17, 15) is 14.4 Å². The molecule has 1 aliphatic heterocycles. The molecule has 0 fully saturated rings. The highest BCUT2D eigenvalue weighted by atomic mass is 16.7. The third-order valence-electron chi connectivity index (χ3n) is 4.90. The maximum absolute atomic E-state index is 12.5. The molecule has 4 rings (SSSR count). The summed E-state index contributed by atoms with van der Waals surface area (Å²) >= 11 is 0. The van der Waals surface area contributed by atoms with Gasteiger partial charge in [0.2, 0.25) is 12.7 Å². The third-order valence-corrected chi connectivity index (χ3v) is 4.90. The lowest BCUT2D eigenvalue weighted by molar-refractivity contribution is -0.122. The Kier molecular flexibility index (Phi) is 6.78. The molecule has 4 amide bonds. The Morgan fingerprint density at radius 1 is 0.882 bits per heavy atom. The normalized spacial score (nSPS) is 12.4. The molecule has 0 radical (unpaired) electrons. The summed E-state index contributed by atoms with van der Waals surface area (Å²) in [6.45, 7) is 0.0863. The predicted molar refractivity (Wildman–Crippen MR) is 121 cm³/mol. The minimum Gasteiger partial charge on any atom is -0.457 e. The number of para-hydroxylation sites is 1. The molecule has 10 nitrogen and oxygen atoms in total. The smallest absolute Gasteiger partial charge is 0.312 e. The minimum absolute atomic E-state index is 0.0863. The van der Waals surface area contributed by atoms with Gasteiger partial charge in [0.25, 0.3) is 5.91 Å². The first kappa shape index (κ1) is 22.5. The molecule has 0 spiro atoms. The Hall–Kier alpha value is -4.73. The van der Waals surface area contributed by atoms with Gasteiger partial charge < -0.3 is 25.3 Å². The molecule has 3 aromatic rings. The number of carbonyl (C=O) groups excluding carboxylic acids is 3. The van der Waals surface area contributed by atoms with Gasteiger partial charge in [-0.3, -0.25) is 20.4 Å². The zero-order valence-electron chi connectivity index (χ0n) is 17.9. The number of hydrogen-bond donors (Lipinski definition) is 4. The van der Waals surface area contributed by atoms with Gasteiger partial charge in [-0.15, -0.1) is 0 Å². The van der Waals surface area contributed by atoms with Crippen LogP contribution in [0.4, 0.5) is 4.79 Å². The van der Waals surface area contributed by atoms with Crippen molar-refractivity contribution in [3.8, 4) is 23.0 Å². The fourth-order valence-corrected chi connectivity index (χ4v) is 3.32. The summed E-state index contributed by atoms with van der Waals surface area (Å²) in [5.41, 5.74) is 10.9. The van der Waals surface area contributed by atoms with E-state index >= 15 is 0 Å². The molecule has 1 atom stereocenters. The van der Waals surface area contributed by atoms with Crippen LogP contribution in [-0.2, 0) is 4.79 Å². The number of urea groups is 1. The van der Waals surface area contributed by atoms with Crippen LogP contribution in [0.15, 0.2) is 72.8 Å². The van der Waals surface area contributed by atoms with Crippen LogP contribution in [0.2, 0.25) is 0 Å². The second-order valence-electron chi connectivity index (χ2n) is 7.32. The Morgan fingerprint density at radius 3 is 2.44 bits per heavy atom. The van der Waals surface area contributed by atoms with Crippen molar-refractivity contribution in [2.75, 3.05) is 6.79 Å². The lowest BCUT2D eigenvalue weighted by Gasteiger charge is -2.19. The summed E-state index contributed by atoms with van der Waals surface area (Å²) in [5.74, 6) is 1.08. The van der Waals surface area contributed by atoms with Gasteiger partial charge >= 0.3 is 6.03 Å². The number of fused-ring (bicyclic) bond motifs is 1. The van der Waals surface area contributed by atoms with Gasteiger partial charge in [0.1, 0.15) is 11.5 Å². The number of rotatable bonds is 7. The van der Waals surface area contributed by atoms with E-state index in [0.29, 0.717) is 28.6 Å². The van der Waals surface area contributed by atoms with Gasteiger partial charge in [0.05, 0.1) is 12.5 Å². The van der Waals surface area contributed by atoms with Crippen molar-refractivity contribution in [1.82, 2.24) is 16.2 Å². The van der Waals surface area contributed by atoms with Gasteiger partial charge in [-0.25, -0.2) is 4.79 Å². The fourth-order valence-electron chi connectivity index (χ4n) is 3.32. The molecule has 0 saturated heterocycles. The first-order valence-electron chi connectivity index (χ1n) is 10.4. The van der Waals surface area contributed by atoms with Crippen LogP contribution in [0.5, 0.6) is 23.0 Å². The summed E-state index contributed by atoms with van der Waals surface area (Å²) in [6, 6.07) is 19.2. The van der Waals surface area contributed by atoms with E-state index in [1.807, 2.05) is 30.3 Å². The molecular weight excluding hydrogens is 440 g/mol. The Morgan fingerprint density at radius 2 is 1.65 bits per heavy atom. The van der Waals surface area contributed by atoms with Gasteiger partial charge in [0, 0.05) is 5.56 Å². The van der Waals surface area contributed by atoms with Crippen LogP contribution < -0.4 is 36.1 Å². The zero-order valence-corrected chi connectivity index (χ0v) is 17.9. The van der Waals surface area contributed by atoms with Crippen LogP contribution in [0.25, 0.3) is 0 Å². The summed E-state index contributed by atoms with van der Waals surface area (Å²) in [6.07, 6.45) is -0.181. The standard InChI is InChI=1S/C24H22N4O6/c25-24(31)26-19(15-5-4-8-18(11-15)34-17-6-2-1-3-7-17)13-22(29)27-28-23(30)16-9-10-20-21(12-16)33-14-32-20/h1-12,19H,13-14H2,(H,27,29)(H,28,30)(H3,25,26,31)/t19-/m0/s1. The Labute approximate surface area is 195 Å². The summed E-state index contributed by atoms with van der Waals surface area (Å²) in [4.78, 5) is 36.4. The lowest BCUT2D eigenvalue weighted by Crippen LogP contribution is -2.44. The van der Waals surface area contributed by atoms with Crippen LogP contribution in [0.3, 0.4) is 0 Å². The Bertz CT molecular complexity index is 1200. The molecule has 1 heterocycles. The van der Waals surface area contributed by atoms with Crippen LogP contribution in [0, 0.1) is 0 Å². The van der Waals surface area contributed by atoms with Gasteiger partial charge in [-0.1, -0.05) is 30.3 Å². The number of nitrogens with two attached hydrogens (primary N) is 1. The van der Waals surface area contributed by atoms with Crippen molar-refractivity contribution in [3.05, 3.63) is 83.9 Å². The average Bonchev–Trinajstić information content (AvgIpc) is 3.31. The predicted octanol–water partition coefficient (Wildman–Crippen LogP) is 2.77. The zero-order chi connectivity index (χ0) is 23.9. The maximum atomic E-state index is 12.5. The number of benzene rings is 3. The monoisotopic (exact) mass is 462 g/mol. The maximum Gasteiger partial charge on any atom is 0.312 e. The molecule has 3 aromatic carbocycles. The largest absolute Gasteiger partial charge is 0.457 e. The molecule has 0 bridgehead atoms. The molecule has 0 saturated carbocycles. The molecule has 0 aliphatic carbocycles. The number of nitrogens with one attached hydrogen (secondary N) is 3. The lowest BCUT2D eigenvalue weighted by atomic mass is 10.0. The third kappa shape index (κ3) is 5.74. The molecule has 174 valence electrons. The Balaban J connectivity index is 1.39. The van der Waals surface area contributed by atoms with Crippen LogP contribution in [-0.4, -0.2) is 24.6 Å². The molecule has 10 heteroatoms. The van der Waals surface area contributed by atoms with Gasteiger partial charge in [-0.05, 0) is 48.0 Å². The SMILES string of the molecule is NC(=O)N[C@@H](CC(=O)NNC(=O)c1ccc2c(c1)OCO2)c1cccc(Oc2ccccc2)c1. The molecular formula is C24H22N4O6. The number of hydrazine groups is 1. The minimum atomic E-state index is -0.795. The molecule has 0 aromatic heterocycles. The van der Waals surface area contributed by atoms with Gasteiger partial charge in [-0.2, -0.15) is 0 Å². The average molecular weight is 462 g/mol. The molecule has 1 aliphatic rings. The van der Waals surface area contributed by atoms with Crippen molar-refractivity contribution in [2.45, 2.75) is 12.5 Å². The summed E-state index contributed by atoms with van der Waals surface area (Å²) in [7, 11) is 0. The topological polar surface area (TPSA) is 141 Å². The number of amides is 4. The van der Waals surface area contributed by atoms with E-state index in [4.69, 9.17) is 19.9 Å². The van der Waals surface area contributed by atoms with E-state index in [2.05, 4.69) is 16.2 Å². The second-order valence-corrected chi connectivity index (χ2v) is 7.32. The van der Waals surface area contributed by atoms with E-state index in [-0.39, 0.29) is 18.8 Å². The first-order chi connectivity index (χ1) is 16.5. The van der Waals surface area contributed by atoms with Crippen molar-refractivity contribution in [1.29, 1.82) is 0 Å². The van der Waals surface area contributed by atoms with E-state index in [0.717, 1.165) is 0 Å². The summed E-state index contributed by atoms with van der Waals surface area (Å²) in [5, 5.41) is 2.55. The number of hydrogen-bond acceptors (Lipinski definition) is 6. The number of carbonyl (C=O) groups is 3. The fraction of sp³-hybridized carbons (Fsp3) is 0.125. The molecule has 0 unspecified atom stereocenters. The second kappa shape index (κ2) is 10.3. The van der Waals surface area contributed by atoms with E-state index in [1.165, 1.54) is 6.07 Å². The highest BCUT2D eigenvalue weighted by Crippen LogP contribution is 2.32. The summed E-state index contributed by atoms with van der Waals surface area (Å²) < 4.78 is 16.3. The van der Waals surface area contributed by atoms with Crippen LogP contribution in [0.1, 0.15) is 28.4 Å². The van der Waals surface area contributed by atoms with E-state index < -0.39 is 23.9 Å². The highest BCUT2D eigenvalue weighted by molar-refractivity contribution is 5.96. The van der Waals surface area contributed by atoms with Crippen molar-refractivity contribution in [2.24, 2.45) is 5.73 Å². The number of primary amides is 1. The van der Waals surface area contributed by atoms with Gasteiger partial charge in [0.15, 0.2) is 11.5 Å². The number of ether oxygens (including phenoxy) is 3. The quantitative estimate of drug-likeness (QED) is 0.398. The van der Waals surface area contributed by atoms with Crippen LogP contribution >= 0.6 is 0 Å². The molecule has 34 heavy (non-hydrogen) atoms. The van der Waals surface area contributed by atoms with Crippen molar-refractivity contribution in [3.63, 3.8) is 0 Å². The van der Waals surface area contributed by atoms with Crippen molar-refractivity contribution >= 4 is 17.8 Å².